The molecule has 0 atom stereocenters. The second-order valence-electron chi connectivity index (χ2n) is 7.66. The van der Waals surface area contributed by atoms with E-state index in [1.54, 1.807) is 42.6 Å². The summed E-state index contributed by atoms with van der Waals surface area (Å²) in [5, 5.41) is 4.72. The van der Waals surface area contributed by atoms with Gasteiger partial charge in [0, 0.05) is 35.7 Å². The third kappa shape index (κ3) is 4.01. The summed E-state index contributed by atoms with van der Waals surface area (Å²) in [7, 11) is 0. The average molecular weight is 460 g/mol. The fourth-order valence-electron chi connectivity index (χ4n) is 3.94. The van der Waals surface area contributed by atoms with Crippen molar-refractivity contribution >= 4 is 45.0 Å². The number of halogens is 1. The summed E-state index contributed by atoms with van der Waals surface area (Å²) >= 11 is 1.29. The number of hydrogen-bond donors (Lipinski definition) is 1. The van der Waals surface area contributed by atoms with Gasteiger partial charge in [-0.2, -0.15) is 0 Å². The van der Waals surface area contributed by atoms with Crippen LogP contribution in [-0.2, 0) is 4.79 Å². The summed E-state index contributed by atoms with van der Waals surface area (Å²) in [6, 6.07) is 16.9. The zero-order valence-electron chi connectivity index (χ0n) is 17.4. The van der Waals surface area contributed by atoms with Crippen LogP contribution in [0.3, 0.4) is 0 Å². The molecule has 0 fully saturated rings. The number of hydrogen-bond acceptors (Lipinski definition) is 5. The van der Waals surface area contributed by atoms with Gasteiger partial charge >= 0.3 is 0 Å². The first kappa shape index (κ1) is 21.0. The van der Waals surface area contributed by atoms with Crippen LogP contribution in [0.2, 0.25) is 0 Å². The maximum absolute atomic E-state index is 13.1. The lowest BCUT2D eigenvalue weighted by atomic mass is 9.94. The molecule has 0 bridgehead atoms. The fourth-order valence-corrected chi connectivity index (χ4v) is 4.78. The molecular formula is C25H18FN3O3S. The zero-order valence-corrected chi connectivity index (χ0v) is 18.2. The molecule has 1 aromatic heterocycles. The monoisotopic (exact) mass is 459 g/mol. The standard InChI is InChI=1S/C25H18FN3O3S/c26-17-11-9-15(10-12-17)20-14-27-25(33-20)28-21(30)8-3-13-29-23(31)18-6-1-4-16-5-2-7-19(22(16)18)24(29)32/h1-2,4-7,9-12,14H,3,8,13H2,(H,27,28,30). The lowest BCUT2D eigenvalue weighted by Crippen LogP contribution is -2.41. The van der Waals surface area contributed by atoms with Gasteiger partial charge in [0.1, 0.15) is 5.82 Å². The number of nitrogens with one attached hydrogen (secondary N) is 1. The third-order valence-corrected chi connectivity index (χ3v) is 6.48. The predicted molar refractivity (Wildman–Crippen MR) is 125 cm³/mol. The minimum absolute atomic E-state index is 0.133. The molecule has 0 unspecified atom stereocenters. The molecule has 8 heteroatoms. The molecule has 33 heavy (non-hydrogen) atoms. The van der Waals surface area contributed by atoms with E-state index in [0.717, 1.165) is 15.8 Å². The molecule has 0 saturated heterocycles. The Kier molecular flexibility index (Phi) is 5.43. The SMILES string of the molecule is O=C(CCCN1C(=O)c2cccc3cccc(c23)C1=O)Nc1ncc(-c2ccc(F)cc2)s1. The molecule has 1 aliphatic heterocycles. The number of carbonyl (C=O) groups excluding carboxylic acids is 3. The first-order valence-corrected chi connectivity index (χ1v) is 11.2. The quantitative estimate of drug-likeness (QED) is 0.406. The minimum atomic E-state index is -0.339. The molecule has 0 saturated carbocycles. The molecule has 6 nitrogen and oxygen atoms in total. The molecule has 1 N–H and O–H groups in total. The Morgan fingerprint density at radius 1 is 0.970 bits per heavy atom. The lowest BCUT2D eigenvalue weighted by Gasteiger charge is -2.27. The largest absolute Gasteiger partial charge is 0.302 e. The van der Waals surface area contributed by atoms with Crippen molar-refractivity contribution in [1.82, 2.24) is 9.88 Å². The number of thiazole rings is 1. The number of rotatable bonds is 6. The van der Waals surface area contributed by atoms with Crippen molar-refractivity contribution in [2.75, 3.05) is 11.9 Å². The van der Waals surface area contributed by atoms with Gasteiger partial charge in [0.15, 0.2) is 5.13 Å². The number of imide groups is 1. The highest BCUT2D eigenvalue weighted by Gasteiger charge is 2.32. The summed E-state index contributed by atoms with van der Waals surface area (Å²) in [4.78, 5) is 44.4. The molecule has 3 amide bonds. The van der Waals surface area contributed by atoms with Gasteiger partial charge in [0.25, 0.3) is 11.8 Å². The van der Waals surface area contributed by atoms with Gasteiger partial charge < -0.3 is 5.32 Å². The molecular weight excluding hydrogens is 441 g/mol. The summed E-state index contributed by atoms with van der Waals surface area (Å²) < 4.78 is 13.1. The maximum atomic E-state index is 13.1. The number of amides is 3. The van der Waals surface area contributed by atoms with E-state index in [1.165, 1.54) is 28.4 Å². The highest BCUT2D eigenvalue weighted by molar-refractivity contribution is 7.19. The number of aromatic nitrogens is 1. The minimum Gasteiger partial charge on any atom is -0.302 e. The maximum Gasteiger partial charge on any atom is 0.261 e. The zero-order chi connectivity index (χ0) is 22.9. The van der Waals surface area contributed by atoms with Crippen LogP contribution in [-0.4, -0.2) is 34.2 Å². The molecule has 5 rings (SSSR count). The fraction of sp³-hybridized carbons (Fsp3) is 0.120. The van der Waals surface area contributed by atoms with Gasteiger partial charge in [-0.05, 0) is 41.6 Å². The number of anilines is 1. The van der Waals surface area contributed by atoms with E-state index in [2.05, 4.69) is 10.3 Å². The smallest absolute Gasteiger partial charge is 0.261 e. The molecule has 2 heterocycles. The van der Waals surface area contributed by atoms with Crippen molar-refractivity contribution in [1.29, 1.82) is 0 Å². The topological polar surface area (TPSA) is 79.4 Å². The normalized spacial score (nSPS) is 12.9. The number of benzene rings is 3. The van der Waals surface area contributed by atoms with Gasteiger partial charge in [-0.3, -0.25) is 19.3 Å². The van der Waals surface area contributed by atoms with Crippen LogP contribution in [0, 0.1) is 5.82 Å². The van der Waals surface area contributed by atoms with Crippen LogP contribution in [0.1, 0.15) is 33.6 Å². The van der Waals surface area contributed by atoms with Gasteiger partial charge in [-0.15, -0.1) is 0 Å². The third-order valence-electron chi connectivity index (χ3n) is 5.52. The Hall–Kier alpha value is -3.91. The van der Waals surface area contributed by atoms with E-state index in [0.29, 0.717) is 28.1 Å². The van der Waals surface area contributed by atoms with Crippen LogP contribution in [0.5, 0.6) is 0 Å². The number of carbonyl (C=O) groups is 3. The Labute approximate surface area is 192 Å². The second kappa shape index (κ2) is 8.55. The molecule has 0 spiro atoms. The van der Waals surface area contributed by atoms with Gasteiger partial charge in [-0.25, -0.2) is 9.37 Å². The van der Waals surface area contributed by atoms with E-state index < -0.39 is 0 Å². The lowest BCUT2D eigenvalue weighted by molar-refractivity contribution is -0.116. The molecule has 164 valence electrons. The Balaban J connectivity index is 1.21. The van der Waals surface area contributed by atoms with Crippen molar-refractivity contribution < 1.29 is 18.8 Å². The highest BCUT2D eigenvalue weighted by Crippen LogP contribution is 2.31. The van der Waals surface area contributed by atoms with Crippen molar-refractivity contribution in [3.8, 4) is 10.4 Å². The van der Waals surface area contributed by atoms with Crippen LogP contribution in [0.15, 0.2) is 66.9 Å². The summed E-state index contributed by atoms with van der Waals surface area (Å²) in [5.41, 5.74) is 1.82. The van der Waals surface area contributed by atoms with E-state index in [4.69, 9.17) is 0 Å². The van der Waals surface area contributed by atoms with E-state index in [-0.39, 0.29) is 36.5 Å². The van der Waals surface area contributed by atoms with Crippen molar-refractivity contribution in [2.24, 2.45) is 0 Å². The summed E-state index contributed by atoms with van der Waals surface area (Å²) in [5.74, 6) is -1.25. The Bertz CT molecular complexity index is 1350. The molecule has 0 radical (unpaired) electrons. The summed E-state index contributed by atoms with van der Waals surface area (Å²) in [6.07, 6.45) is 2.09. The van der Waals surface area contributed by atoms with Crippen LogP contribution in [0.25, 0.3) is 21.2 Å². The first-order chi connectivity index (χ1) is 16.0. The van der Waals surface area contributed by atoms with E-state index >= 15 is 0 Å². The van der Waals surface area contributed by atoms with Crippen molar-refractivity contribution in [2.45, 2.75) is 12.8 Å². The van der Waals surface area contributed by atoms with Crippen LogP contribution < -0.4 is 5.32 Å². The predicted octanol–water partition coefficient (Wildman–Crippen LogP) is 5.12. The van der Waals surface area contributed by atoms with Crippen LogP contribution in [0.4, 0.5) is 9.52 Å². The van der Waals surface area contributed by atoms with Crippen molar-refractivity contribution in [3.05, 3.63) is 83.8 Å². The highest BCUT2D eigenvalue weighted by atomic mass is 32.1. The first-order valence-electron chi connectivity index (χ1n) is 10.4. The molecule has 3 aromatic carbocycles. The summed E-state index contributed by atoms with van der Waals surface area (Å²) in [6.45, 7) is 0.147. The molecule has 4 aromatic rings. The average Bonchev–Trinajstić information content (AvgIpc) is 3.28. The Morgan fingerprint density at radius 2 is 1.64 bits per heavy atom. The van der Waals surface area contributed by atoms with Gasteiger partial charge in [-0.1, -0.05) is 47.7 Å². The number of nitrogens with zero attached hydrogens (tertiary/aromatic N) is 2. The molecule has 1 aliphatic rings. The molecule has 0 aliphatic carbocycles. The second-order valence-corrected chi connectivity index (χ2v) is 8.69. The van der Waals surface area contributed by atoms with E-state index in [1.807, 2.05) is 12.1 Å². The van der Waals surface area contributed by atoms with Crippen molar-refractivity contribution in [3.63, 3.8) is 0 Å². The van der Waals surface area contributed by atoms with Gasteiger partial charge in [0.05, 0.1) is 4.88 Å². The van der Waals surface area contributed by atoms with E-state index in [9.17, 15) is 18.8 Å². The van der Waals surface area contributed by atoms with Crippen LogP contribution >= 0.6 is 11.3 Å². The Morgan fingerprint density at radius 3 is 2.30 bits per heavy atom. The van der Waals surface area contributed by atoms with Gasteiger partial charge in [0.2, 0.25) is 5.91 Å².